The van der Waals surface area contributed by atoms with Crippen molar-refractivity contribution in [1.29, 1.82) is 0 Å². The molecule has 0 saturated carbocycles. The molecule has 0 radical (unpaired) electrons. The number of amides is 2. The van der Waals surface area contributed by atoms with Gasteiger partial charge in [-0.2, -0.15) is 5.10 Å². The molecule has 0 aromatic heterocycles. The zero-order valence-corrected chi connectivity index (χ0v) is 9.39. The van der Waals surface area contributed by atoms with Crippen molar-refractivity contribution in [2.75, 3.05) is 6.54 Å². The minimum absolute atomic E-state index is 0.0497. The van der Waals surface area contributed by atoms with Gasteiger partial charge in [-0.05, 0) is 5.41 Å². The Morgan fingerprint density at radius 3 is 2.60 bits per heavy atom. The Bertz CT molecular complexity index is 302. The molecule has 0 spiro atoms. The Balaban J connectivity index is 2.44. The normalized spacial score (nSPS) is 16.7. The van der Waals surface area contributed by atoms with E-state index in [9.17, 15) is 9.59 Å². The molecule has 5 heteroatoms. The Hall–Kier alpha value is -1.39. The number of carbonyl (C=O) groups excluding carboxylic acids is 2. The van der Waals surface area contributed by atoms with Crippen molar-refractivity contribution in [2.24, 2.45) is 10.5 Å². The highest BCUT2D eigenvalue weighted by Crippen LogP contribution is 2.10. The van der Waals surface area contributed by atoms with Gasteiger partial charge in [0, 0.05) is 19.4 Å². The van der Waals surface area contributed by atoms with E-state index < -0.39 is 0 Å². The zero-order chi connectivity index (χ0) is 11.5. The average Bonchev–Trinajstić information content (AvgIpc) is 2.14. The van der Waals surface area contributed by atoms with Gasteiger partial charge in [-0.15, -0.1) is 0 Å². The second-order valence-electron chi connectivity index (χ2n) is 4.84. The highest BCUT2D eigenvalue weighted by atomic mass is 16.2. The minimum Gasteiger partial charge on any atom is -0.350 e. The van der Waals surface area contributed by atoms with Crippen LogP contribution in [0.2, 0.25) is 0 Å². The summed E-state index contributed by atoms with van der Waals surface area (Å²) >= 11 is 0. The highest BCUT2D eigenvalue weighted by Gasteiger charge is 2.19. The fourth-order valence-corrected chi connectivity index (χ4v) is 1.09. The maximum Gasteiger partial charge on any atom is 0.267 e. The highest BCUT2D eigenvalue weighted by molar-refractivity contribution is 6.39. The molecule has 0 aliphatic carbocycles. The summed E-state index contributed by atoms with van der Waals surface area (Å²) in [5.41, 5.74) is 2.75. The van der Waals surface area contributed by atoms with Crippen LogP contribution in [0.4, 0.5) is 0 Å². The van der Waals surface area contributed by atoms with Gasteiger partial charge in [-0.3, -0.25) is 9.59 Å². The first-order valence-electron chi connectivity index (χ1n) is 5.02. The number of carbonyl (C=O) groups is 2. The maximum absolute atomic E-state index is 11.6. The summed E-state index contributed by atoms with van der Waals surface area (Å²) < 4.78 is 0. The molecule has 84 valence electrons. The Labute approximate surface area is 89.3 Å². The topological polar surface area (TPSA) is 70.6 Å². The summed E-state index contributed by atoms with van der Waals surface area (Å²) in [6, 6.07) is 0. The van der Waals surface area contributed by atoms with Gasteiger partial charge in [0.15, 0.2) is 0 Å². The van der Waals surface area contributed by atoms with Gasteiger partial charge >= 0.3 is 0 Å². The second-order valence-corrected chi connectivity index (χ2v) is 4.84. The van der Waals surface area contributed by atoms with E-state index in [0.29, 0.717) is 25.1 Å². The lowest BCUT2D eigenvalue weighted by molar-refractivity contribution is -0.121. The molecule has 0 aromatic rings. The molecule has 1 heterocycles. The van der Waals surface area contributed by atoms with Crippen molar-refractivity contribution >= 4 is 17.5 Å². The number of rotatable bonds is 2. The van der Waals surface area contributed by atoms with Gasteiger partial charge < -0.3 is 5.32 Å². The van der Waals surface area contributed by atoms with Crippen molar-refractivity contribution in [3.8, 4) is 0 Å². The molecule has 5 nitrogen and oxygen atoms in total. The summed E-state index contributed by atoms with van der Waals surface area (Å²) in [5.74, 6) is -0.327. The van der Waals surface area contributed by atoms with Crippen LogP contribution >= 0.6 is 0 Å². The summed E-state index contributed by atoms with van der Waals surface area (Å²) in [6.07, 6.45) is 0.754. The first-order chi connectivity index (χ1) is 6.88. The molecule has 1 rings (SSSR count). The number of nitrogens with zero attached hydrogens (tertiary/aromatic N) is 1. The van der Waals surface area contributed by atoms with Gasteiger partial charge in [0.25, 0.3) is 5.91 Å². The first kappa shape index (κ1) is 11.7. The molecule has 2 N–H and O–H groups in total. The number of nitrogens with one attached hydrogen (secondary N) is 2. The lowest BCUT2D eigenvalue weighted by Crippen LogP contribution is -2.40. The van der Waals surface area contributed by atoms with Crippen LogP contribution in [0.1, 0.15) is 33.6 Å². The van der Waals surface area contributed by atoms with Crippen LogP contribution < -0.4 is 10.7 Å². The van der Waals surface area contributed by atoms with Crippen LogP contribution in [0.3, 0.4) is 0 Å². The zero-order valence-electron chi connectivity index (χ0n) is 9.39. The van der Waals surface area contributed by atoms with Crippen molar-refractivity contribution in [3.05, 3.63) is 0 Å². The van der Waals surface area contributed by atoms with Gasteiger partial charge in [0.2, 0.25) is 5.91 Å². The Morgan fingerprint density at radius 2 is 2.13 bits per heavy atom. The maximum atomic E-state index is 11.6. The molecular weight excluding hydrogens is 194 g/mol. The fraction of sp³-hybridized carbons (Fsp3) is 0.700. The van der Waals surface area contributed by atoms with Crippen molar-refractivity contribution < 1.29 is 9.59 Å². The molecule has 0 bridgehead atoms. The third-order valence-electron chi connectivity index (χ3n) is 1.95. The number of hydrogen-bond donors (Lipinski definition) is 2. The van der Waals surface area contributed by atoms with Gasteiger partial charge in [-0.1, -0.05) is 20.8 Å². The van der Waals surface area contributed by atoms with Crippen LogP contribution in [0, 0.1) is 5.41 Å². The van der Waals surface area contributed by atoms with E-state index in [0.717, 1.165) is 0 Å². The summed E-state index contributed by atoms with van der Waals surface area (Å²) in [5, 5.41) is 6.50. The Kier molecular flexibility index (Phi) is 3.44. The van der Waals surface area contributed by atoms with Crippen molar-refractivity contribution in [1.82, 2.24) is 10.7 Å². The lowest BCUT2D eigenvalue weighted by atomic mass is 9.97. The van der Waals surface area contributed by atoms with Crippen LogP contribution in [-0.4, -0.2) is 24.1 Å². The van der Waals surface area contributed by atoms with Crippen LogP contribution in [0.25, 0.3) is 0 Å². The number of hydrazone groups is 1. The predicted molar refractivity (Wildman–Crippen MR) is 57.3 cm³/mol. The second kappa shape index (κ2) is 4.42. The van der Waals surface area contributed by atoms with Gasteiger partial charge in [-0.25, -0.2) is 5.43 Å². The standard InChI is InChI=1S/C10H17N3O2/c1-10(2,3)6-11-9(15)7-4-5-8(14)13-12-7/h4-6H2,1-3H3,(H,11,15)(H,13,14). The molecule has 0 fully saturated rings. The van der Waals surface area contributed by atoms with Crippen molar-refractivity contribution in [2.45, 2.75) is 33.6 Å². The molecular formula is C10H17N3O2. The minimum atomic E-state index is -0.190. The van der Waals surface area contributed by atoms with E-state index in [-0.39, 0.29) is 17.2 Å². The lowest BCUT2D eigenvalue weighted by Gasteiger charge is -2.19. The molecule has 0 saturated heterocycles. The van der Waals surface area contributed by atoms with Gasteiger partial charge in [0.05, 0.1) is 0 Å². The largest absolute Gasteiger partial charge is 0.350 e. The van der Waals surface area contributed by atoms with E-state index in [1.165, 1.54) is 0 Å². The molecule has 1 aliphatic heterocycles. The predicted octanol–water partition coefficient (Wildman–Crippen LogP) is 0.415. The van der Waals surface area contributed by atoms with E-state index in [1.807, 2.05) is 20.8 Å². The van der Waals surface area contributed by atoms with E-state index >= 15 is 0 Å². The van der Waals surface area contributed by atoms with Crippen LogP contribution in [-0.2, 0) is 9.59 Å². The quantitative estimate of drug-likeness (QED) is 0.694. The molecule has 2 amide bonds. The van der Waals surface area contributed by atoms with Crippen LogP contribution in [0.15, 0.2) is 5.10 Å². The van der Waals surface area contributed by atoms with Crippen molar-refractivity contribution in [3.63, 3.8) is 0 Å². The summed E-state index contributed by atoms with van der Waals surface area (Å²) in [7, 11) is 0. The average molecular weight is 211 g/mol. The number of hydrogen-bond acceptors (Lipinski definition) is 3. The molecule has 15 heavy (non-hydrogen) atoms. The molecule has 0 unspecified atom stereocenters. The smallest absolute Gasteiger partial charge is 0.267 e. The Morgan fingerprint density at radius 1 is 1.47 bits per heavy atom. The summed E-state index contributed by atoms with van der Waals surface area (Å²) in [4.78, 5) is 22.4. The van der Waals surface area contributed by atoms with E-state index in [4.69, 9.17) is 0 Å². The first-order valence-corrected chi connectivity index (χ1v) is 5.02. The van der Waals surface area contributed by atoms with E-state index in [1.54, 1.807) is 0 Å². The van der Waals surface area contributed by atoms with Gasteiger partial charge in [0.1, 0.15) is 5.71 Å². The van der Waals surface area contributed by atoms with E-state index in [2.05, 4.69) is 15.8 Å². The SMILES string of the molecule is CC(C)(C)CNC(=O)C1=NNC(=O)CC1. The fourth-order valence-electron chi connectivity index (χ4n) is 1.09. The monoisotopic (exact) mass is 211 g/mol. The van der Waals surface area contributed by atoms with Crippen LogP contribution in [0.5, 0.6) is 0 Å². The third-order valence-corrected chi connectivity index (χ3v) is 1.95. The molecule has 0 aromatic carbocycles. The molecule has 1 aliphatic rings. The third kappa shape index (κ3) is 4.10. The summed E-state index contributed by atoms with van der Waals surface area (Å²) in [6.45, 7) is 6.71. The molecule has 0 atom stereocenters.